The summed E-state index contributed by atoms with van der Waals surface area (Å²) in [6.07, 6.45) is 3.19. The number of nitrogens with two attached hydrogens (primary N) is 1. The smallest absolute Gasteiger partial charge is 0.323 e. The molecule has 0 aromatic rings. The Morgan fingerprint density at radius 3 is 2.71 bits per heavy atom. The molecule has 6 nitrogen and oxygen atoms in total. The highest BCUT2D eigenvalue weighted by Crippen LogP contribution is 2.36. The minimum Gasteiger partial charge on any atom is -0.480 e. The molecule has 1 fully saturated rings. The maximum Gasteiger partial charge on any atom is 0.323 e. The highest BCUT2D eigenvalue weighted by atomic mass is 16.5. The second-order valence-corrected chi connectivity index (χ2v) is 6.06. The number of carboxylic acids is 1. The van der Waals surface area contributed by atoms with Crippen LogP contribution in [0.2, 0.25) is 0 Å². The van der Waals surface area contributed by atoms with E-state index in [9.17, 15) is 9.90 Å². The van der Waals surface area contributed by atoms with Crippen molar-refractivity contribution >= 4 is 5.97 Å². The molecule has 1 rings (SSSR count). The zero-order valence-electron chi connectivity index (χ0n) is 13.5. The summed E-state index contributed by atoms with van der Waals surface area (Å²) in [5, 5.41) is 9.36. The van der Waals surface area contributed by atoms with Gasteiger partial charge in [0.15, 0.2) is 0 Å². The van der Waals surface area contributed by atoms with Crippen molar-refractivity contribution in [3.8, 4) is 0 Å². The third kappa shape index (κ3) is 4.92. The average molecular weight is 302 g/mol. The Morgan fingerprint density at radius 1 is 1.43 bits per heavy atom. The van der Waals surface area contributed by atoms with Crippen LogP contribution in [-0.4, -0.2) is 68.1 Å². The predicted molar refractivity (Wildman–Crippen MR) is 81.3 cm³/mol. The second-order valence-electron chi connectivity index (χ2n) is 6.06. The van der Waals surface area contributed by atoms with E-state index >= 15 is 0 Å². The van der Waals surface area contributed by atoms with Crippen LogP contribution in [0, 0.1) is 5.92 Å². The van der Waals surface area contributed by atoms with Crippen molar-refractivity contribution in [3.05, 3.63) is 0 Å². The van der Waals surface area contributed by atoms with Crippen LogP contribution >= 0.6 is 0 Å². The van der Waals surface area contributed by atoms with Crippen LogP contribution in [0.15, 0.2) is 0 Å². The first kappa shape index (κ1) is 18.4. The first-order chi connectivity index (χ1) is 9.95. The molecule has 3 N–H and O–H groups in total. The molecule has 6 heteroatoms. The lowest BCUT2D eigenvalue weighted by molar-refractivity contribution is -0.145. The molecule has 1 saturated carbocycles. The summed E-state index contributed by atoms with van der Waals surface area (Å²) in [7, 11) is 3.38. The summed E-state index contributed by atoms with van der Waals surface area (Å²) in [5.74, 6) is -0.812. The highest BCUT2D eigenvalue weighted by Gasteiger charge is 2.45. The van der Waals surface area contributed by atoms with Crippen LogP contribution in [-0.2, 0) is 14.3 Å². The predicted octanol–water partition coefficient (Wildman–Crippen LogP) is 0.942. The monoisotopic (exact) mass is 302 g/mol. The first-order valence-electron chi connectivity index (χ1n) is 7.70. The lowest BCUT2D eigenvalue weighted by Crippen LogP contribution is -2.52. The SMILES string of the molecule is COCCN(CCC1CCCC1(N)C(=O)O)C(C)COC. The maximum absolute atomic E-state index is 11.4. The van der Waals surface area contributed by atoms with Crippen LogP contribution in [0.25, 0.3) is 0 Å². The second kappa shape index (κ2) is 8.68. The fraction of sp³-hybridized carbons (Fsp3) is 0.933. The molecule has 21 heavy (non-hydrogen) atoms. The number of ether oxygens (including phenoxy) is 2. The van der Waals surface area contributed by atoms with Gasteiger partial charge in [0, 0.05) is 26.8 Å². The van der Waals surface area contributed by atoms with Crippen molar-refractivity contribution in [1.29, 1.82) is 0 Å². The van der Waals surface area contributed by atoms with Gasteiger partial charge in [-0.1, -0.05) is 6.42 Å². The summed E-state index contributed by atoms with van der Waals surface area (Å²) < 4.78 is 10.4. The fourth-order valence-corrected chi connectivity index (χ4v) is 3.22. The number of aliphatic carboxylic acids is 1. The van der Waals surface area contributed by atoms with E-state index in [4.69, 9.17) is 15.2 Å². The topological polar surface area (TPSA) is 85.0 Å². The summed E-state index contributed by atoms with van der Waals surface area (Å²) in [4.78, 5) is 13.7. The van der Waals surface area contributed by atoms with Crippen LogP contribution in [0.1, 0.15) is 32.6 Å². The van der Waals surface area contributed by atoms with Gasteiger partial charge in [-0.2, -0.15) is 0 Å². The molecule has 0 aromatic carbocycles. The molecule has 124 valence electrons. The van der Waals surface area contributed by atoms with Crippen molar-refractivity contribution in [2.24, 2.45) is 11.7 Å². The normalized spacial score (nSPS) is 27.2. The number of hydrogen-bond donors (Lipinski definition) is 2. The summed E-state index contributed by atoms with van der Waals surface area (Å²) in [6.45, 7) is 5.07. The van der Waals surface area contributed by atoms with Crippen molar-refractivity contribution in [2.45, 2.75) is 44.2 Å². The fourth-order valence-electron chi connectivity index (χ4n) is 3.22. The van der Waals surface area contributed by atoms with E-state index in [0.717, 1.165) is 32.4 Å². The third-order valence-electron chi connectivity index (χ3n) is 4.65. The van der Waals surface area contributed by atoms with E-state index in [1.807, 2.05) is 0 Å². The minimum absolute atomic E-state index is 0.0507. The number of carbonyl (C=O) groups is 1. The van der Waals surface area contributed by atoms with Gasteiger partial charge in [0.2, 0.25) is 0 Å². The minimum atomic E-state index is -1.04. The molecule has 0 spiro atoms. The van der Waals surface area contributed by atoms with Gasteiger partial charge in [0.25, 0.3) is 0 Å². The number of carboxylic acid groups (broad SMARTS) is 1. The van der Waals surface area contributed by atoms with E-state index < -0.39 is 11.5 Å². The lowest BCUT2D eigenvalue weighted by atomic mass is 9.85. The van der Waals surface area contributed by atoms with Crippen molar-refractivity contribution in [1.82, 2.24) is 4.90 Å². The third-order valence-corrected chi connectivity index (χ3v) is 4.65. The molecule has 0 aromatic heterocycles. The number of hydrogen-bond acceptors (Lipinski definition) is 5. The molecule has 3 atom stereocenters. The molecule has 0 amide bonds. The van der Waals surface area contributed by atoms with Crippen LogP contribution in [0.5, 0.6) is 0 Å². The Hall–Kier alpha value is -0.690. The molecule has 1 aliphatic rings. The summed E-state index contributed by atoms with van der Waals surface area (Å²) in [5.41, 5.74) is 5.06. The van der Waals surface area contributed by atoms with Crippen molar-refractivity contribution in [3.63, 3.8) is 0 Å². The summed E-state index contributed by atoms with van der Waals surface area (Å²) >= 11 is 0. The van der Waals surface area contributed by atoms with Crippen LogP contribution in [0.3, 0.4) is 0 Å². The number of methoxy groups -OCH3 is 2. The Balaban J connectivity index is 2.57. The quantitative estimate of drug-likeness (QED) is 0.625. The van der Waals surface area contributed by atoms with Gasteiger partial charge >= 0.3 is 5.97 Å². The van der Waals surface area contributed by atoms with Gasteiger partial charge in [0.1, 0.15) is 5.54 Å². The molecule has 0 aliphatic heterocycles. The molecule has 3 unspecified atom stereocenters. The molecule has 0 radical (unpaired) electrons. The van der Waals surface area contributed by atoms with Crippen molar-refractivity contribution < 1.29 is 19.4 Å². The first-order valence-corrected chi connectivity index (χ1v) is 7.70. The largest absolute Gasteiger partial charge is 0.480 e. The molecule has 1 aliphatic carbocycles. The van der Waals surface area contributed by atoms with E-state index in [2.05, 4.69) is 11.8 Å². The zero-order valence-corrected chi connectivity index (χ0v) is 13.5. The molecule has 0 bridgehead atoms. The van der Waals surface area contributed by atoms with Gasteiger partial charge in [-0.15, -0.1) is 0 Å². The Kier molecular flexibility index (Phi) is 7.59. The van der Waals surface area contributed by atoms with E-state index in [-0.39, 0.29) is 12.0 Å². The van der Waals surface area contributed by atoms with Gasteiger partial charge in [0.05, 0.1) is 13.2 Å². The molecule has 0 heterocycles. The Morgan fingerprint density at radius 2 is 2.14 bits per heavy atom. The molecular weight excluding hydrogens is 272 g/mol. The molecular formula is C15H30N2O4. The summed E-state index contributed by atoms with van der Waals surface area (Å²) in [6, 6.07) is 0.281. The van der Waals surface area contributed by atoms with E-state index in [1.165, 1.54) is 0 Å². The van der Waals surface area contributed by atoms with Gasteiger partial charge in [-0.3, -0.25) is 9.69 Å². The Labute approximate surface area is 127 Å². The molecule has 0 saturated heterocycles. The Bertz CT molecular complexity index is 327. The average Bonchev–Trinajstić information content (AvgIpc) is 2.82. The number of nitrogens with zero attached hydrogens (tertiary/aromatic N) is 1. The maximum atomic E-state index is 11.4. The lowest BCUT2D eigenvalue weighted by Gasteiger charge is -2.32. The van der Waals surface area contributed by atoms with Crippen molar-refractivity contribution in [2.75, 3.05) is 40.5 Å². The van der Waals surface area contributed by atoms with E-state index in [1.54, 1.807) is 14.2 Å². The van der Waals surface area contributed by atoms with Crippen LogP contribution in [0.4, 0.5) is 0 Å². The van der Waals surface area contributed by atoms with Gasteiger partial charge in [-0.05, 0) is 38.6 Å². The van der Waals surface area contributed by atoms with Gasteiger partial charge < -0.3 is 20.3 Å². The number of rotatable bonds is 10. The highest BCUT2D eigenvalue weighted by molar-refractivity contribution is 5.79. The van der Waals surface area contributed by atoms with Gasteiger partial charge in [-0.25, -0.2) is 0 Å². The van der Waals surface area contributed by atoms with Crippen LogP contribution < -0.4 is 5.73 Å². The standard InChI is InChI=1S/C15H30N2O4/c1-12(11-21-3)17(9-10-20-2)8-6-13-5-4-7-15(13,16)14(18)19/h12-13H,4-11,16H2,1-3H3,(H,18,19). The zero-order chi connectivity index (χ0) is 15.9. The van der Waals surface area contributed by atoms with E-state index in [0.29, 0.717) is 19.6 Å².